The van der Waals surface area contributed by atoms with Crippen molar-refractivity contribution in [1.82, 2.24) is 10.6 Å². The van der Waals surface area contributed by atoms with E-state index in [9.17, 15) is 4.79 Å². The van der Waals surface area contributed by atoms with Crippen LogP contribution < -0.4 is 16.0 Å². The molecule has 2 aromatic carbocycles. The Morgan fingerprint density at radius 3 is 2.61 bits per heavy atom. The van der Waals surface area contributed by atoms with Crippen LogP contribution >= 0.6 is 24.0 Å². The predicted octanol–water partition coefficient (Wildman–Crippen LogP) is 4.09. The van der Waals surface area contributed by atoms with Crippen molar-refractivity contribution in [1.29, 1.82) is 0 Å². The van der Waals surface area contributed by atoms with Crippen molar-refractivity contribution in [2.45, 2.75) is 31.6 Å². The molecule has 0 radical (unpaired) electrons. The third kappa shape index (κ3) is 5.95. The number of aliphatic imine (C=N–C) groups is 1. The zero-order valence-electron chi connectivity index (χ0n) is 16.4. The molecule has 3 N–H and O–H groups in total. The molecule has 0 bridgehead atoms. The van der Waals surface area contributed by atoms with Gasteiger partial charge in [0.1, 0.15) is 0 Å². The van der Waals surface area contributed by atoms with Crippen molar-refractivity contribution in [3.8, 4) is 0 Å². The Kier molecular flexibility index (Phi) is 8.76. The third-order valence-electron chi connectivity index (χ3n) is 5.08. The molecule has 3 rings (SSSR count). The number of guanidine groups is 1. The highest BCUT2D eigenvalue weighted by Crippen LogP contribution is 2.31. The molecule has 2 aromatic rings. The van der Waals surface area contributed by atoms with Crippen molar-refractivity contribution >= 4 is 41.5 Å². The van der Waals surface area contributed by atoms with Gasteiger partial charge >= 0.3 is 0 Å². The molecule has 1 heterocycles. The number of carbonyl (C=O) groups excluding carboxylic acids is 1. The lowest BCUT2D eigenvalue weighted by Gasteiger charge is -2.26. The van der Waals surface area contributed by atoms with Crippen molar-refractivity contribution in [2.24, 2.45) is 4.99 Å². The minimum atomic E-state index is 0. The van der Waals surface area contributed by atoms with E-state index < -0.39 is 0 Å². The van der Waals surface area contributed by atoms with E-state index in [-0.39, 0.29) is 35.8 Å². The highest BCUT2D eigenvalue weighted by Gasteiger charge is 2.24. The molecule has 1 aliphatic rings. The van der Waals surface area contributed by atoms with Crippen molar-refractivity contribution in [2.75, 3.05) is 25.5 Å². The largest absolute Gasteiger partial charge is 0.356 e. The summed E-state index contributed by atoms with van der Waals surface area (Å²) in [7, 11) is 1.78. The second-order valence-electron chi connectivity index (χ2n) is 7.02. The number of nitrogens with zero attached hydrogens (tertiary/aromatic N) is 1. The van der Waals surface area contributed by atoms with E-state index in [0.717, 1.165) is 24.6 Å². The summed E-state index contributed by atoms with van der Waals surface area (Å²) in [5.74, 6) is 1.49. The maximum absolute atomic E-state index is 11.9. The van der Waals surface area contributed by atoms with E-state index in [4.69, 9.17) is 0 Å². The molecule has 0 aliphatic carbocycles. The van der Waals surface area contributed by atoms with Crippen LogP contribution in [0, 0.1) is 0 Å². The molecule has 0 spiro atoms. The van der Waals surface area contributed by atoms with E-state index in [1.165, 1.54) is 11.1 Å². The van der Waals surface area contributed by atoms with Crippen LogP contribution in [0.1, 0.15) is 42.7 Å². The second kappa shape index (κ2) is 11.0. The Hall–Kier alpha value is -2.09. The maximum atomic E-state index is 11.9. The van der Waals surface area contributed by atoms with E-state index in [2.05, 4.69) is 58.2 Å². The summed E-state index contributed by atoms with van der Waals surface area (Å²) in [5.41, 5.74) is 3.45. The lowest BCUT2D eigenvalue weighted by molar-refractivity contribution is -0.116. The minimum absolute atomic E-state index is 0. The lowest BCUT2D eigenvalue weighted by Crippen LogP contribution is -2.41. The molecule has 28 heavy (non-hydrogen) atoms. The molecule has 5 nitrogen and oxygen atoms in total. The fourth-order valence-electron chi connectivity index (χ4n) is 3.48. The number of fused-ring (bicyclic) bond motifs is 1. The number of carbonyl (C=O) groups is 1. The summed E-state index contributed by atoms with van der Waals surface area (Å²) >= 11 is 0. The van der Waals surface area contributed by atoms with Gasteiger partial charge in [-0.2, -0.15) is 0 Å². The standard InChI is InChI=1S/C22H28N4O.HI/c1-16(17-8-4-3-5-9-17)12-13-24-22(23-2)25-15-18-14-21(27)26-20-11-7-6-10-19(18)20;/h3-11,16,18H,12-15H2,1-2H3,(H,26,27)(H2,23,24,25);1H. The topological polar surface area (TPSA) is 65.5 Å². The molecule has 150 valence electrons. The first-order valence-corrected chi connectivity index (χ1v) is 9.55. The van der Waals surface area contributed by atoms with Crippen LogP contribution in [0.4, 0.5) is 5.69 Å². The van der Waals surface area contributed by atoms with Gasteiger partial charge in [-0.3, -0.25) is 9.79 Å². The molecule has 1 aliphatic heterocycles. The molecule has 2 atom stereocenters. The van der Waals surface area contributed by atoms with Crippen LogP contribution in [0.2, 0.25) is 0 Å². The predicted molar refractivity (Wildman–Crippen MR) is 127 cm³/mol. The van der Waals surface area contributed by atoms with Crippen LogP contribution in [-0.4, -0.2) is 32.0 Å². The van der Waals surface area contributed by atoms with Crippen LogP contribution in [0.15, 0.2) is 59.6 Å². The number of rotatable bonds is 6. The number of hydrogen-bond acceptors (Lipinski definition) is 2. The number of benzene rings is 2. The molecule has 0 fully saturated rings. The van der Waals surface area contributed by atoms with E-state index in [1.807, 2.05) is 24.3 Å². The van der Waals surface area contributed by atoms with Gasteiger partial charge in [0.15, 0.2) is 5.96 Å². The van der Waals surface area contributed by atoms with E-state index in [0.29, 0.717) is 18.9 Å². The van der Waals surface area contributed by atoms with Gasteiger partial charge in [0, 0.05) is 38.2 Å². The van der Waals surface area contributed by atoms with Gasteiger partial charge in [-0.05, 0) is 29.5 Å². The van der Waals surface area contributed by atoms with E-state index in [1.54, 1.807) is 7.05 Å². The molecule has 1 amide bonds. The number of amides is 1. The summed E-state index contributed by atoms with van der Waals surface area (Å²) in [6, 6.07) is 18.5. The first-order valence-electron chi connectivity index (χ1n) is 9.55. The van der Waals surface area contributed by atoms with Gasteiger partial charge in [-0.15, -0.1) is 24.0 Å². The van der Waals surface area contributed by atoms with Gasteiger partial charge in [0.05, 0.1) is 0 Å². The fraction of sp³-hybridized carbons (Fsp3) is 0.364. The van der Waals surface area contributed by atoms with Gasteiger partial charge in [-0.1, -0.05) is 55.5 Å². The number of nitrogens with one attached hydrogen (secondary N) is 3. The normalized spacial score (nSPS) is 17.0. The third-order valence-corrected chi connectivity index (χ3v) is 5.08. The molecular formula is C22H29IN4O. The van der Waals surface area contributed by atoms with Gasteiger partial charge in [0.2, 0.25) is 5.91 Å². The summed E-state index contributed by atoms with van der Waals surface area (Å²) in [5, 5.41) is 9.70. The monoisotopic (exact) mass is 492 g/mol. The average molecular weight is 492 g/mol. The maximum Gasteiger partial charge on any atom is 0.225 e. The summed E-state index contributed by atoms with van der Waals surface area (Å²) < 4.78 is 0. The first kappa shape index (κ1) is 22.2. The number of hydrogen-bond donors (Lipinski definition) is 3. The molecule has 0 saturated heterocycles. The second-order valence-corrected chi connectivity index (χ2v) is 7.02. The Labute approximate surface area is 184 Å². The fourth-order valence-corrected chi connectivity index (χ4v) is 3.48. The number of para-hydroxylation sites is 1. The molecular weight excluding hydrogens is 463 g/mol. The Bertz CT molecular complexity index is 794. The molecule has 0 aromatic heterocycles. The van der Waals surface area contributed by atoms with Gasteiger partial charge in [0.25, 0.3) is 0 Å². The Balaban J connectivity index is 0.00000280. The van der Waals surface area contributed by atoms with Crippen LogP contribution in [0.3, 0.4) is 0 Å². The van der Waals surface area contributed by atoms with Crippen molar-refractivity contribution in [3.63, 3.8) is 0 Å². The first-order chi connectivity index (χ1) is 13.2. The van der Waals surface area contributed by atoms with Gasteiger partial charge in [-0.25, -0.2) is 0 Å². The Morgan fingerprint density at radius 1 is 1.14 bits per heavy atom. The number of halogens is 1. The van der Waals surface area contributed by atoms with Crippen LogP contribution in [-0.2, 0) is 4.79 Å². The van der Waals surface area contributed by atoms with Gasteiger partial charge < -0.3 is 16.0 Å². The zero-order chi connectivity index (χ0) is 19.1. The SMILES string of the molecule is CN=C(NCCC(C)c1ccccc1)NCC1CC(=O)Nc2ccccc21.I. The molecule has 2 unspecified atom stereocenters. The highest BCUT2D eigenvalue weighted by atomic mass is 127. The van der Waals surface area contributed by atoms with E-state index >= 15 is 0 Å². The number of anilines is 1. The van der Waals surface area contributed by atoms with Crippen molar-refractivity contribution in [3.05, 3.63) is 65.7 Å². The lowest BCUT2D eigenvalue weighted by atomic mass is 9.90. The average Bonchev–Trinajstić information content (AvgIpc) is 2.70. The molecule has 0 saturated carbocycles. The highest BCUT2D eigenvalue weighted by molar-refractivity contribution is 14.0. The quantitative estimate of drug-likeness (QED) is 0.324. The molecule has 6 heteroatoms. The summed E-state index contributed by atoms with van der Waals surface area (Å²) in [6.45, 7) is 3.76. The van der Waals surface area contributed by atoms with Crippen LogP contribution in [0.25, 0.3) is 0 Å². The zero-order valence-corrected chi connectivity index (χ0v) is 18.8. The summed E-state index contributed by atoms with van der Waals surface area (Å²) in [4.78, 5) is 16.3. The smallest absolute Gasteiger partial charge is 0.225 e. The minimum Gasteiger partial charge on any atom is -0.356 e. The van der Waals surface area contributed by atoms with Crippen molar-refractivity contribution < 1.29 is 4.79 Å². The summed E-state index contributed by atoms with van der Waals surface area (Å²) in [6.07, 6.45) is 1.52. The van der Waals surface area contributed by atoms with Crippen LogP contribution in [0.5, 0.6) is 0 Å². The Morgan fingerprint density at radius 2 is 1.86 bits per heavy atom.